The zero-order valence-corrected chi connectivity index (χ0v) is 37.4. The number of halogens is 17. The molecule has 2 aromatic rings. The first-order valence-electron chi connectivity index (χ1n) is 19.7. The molecule has 0 fully saturated rings. The van der Waals surface area contributed by atoms with E-state index in [1.54, 1.807) is 19.1 Å². The molecule has 67 heavy (non-hydrogen) atoms. The van der Waals surface area contributed by atoms with Crippen LogP contribution in [0.1, 0.15) is 66.1 Å². The van der Waals surface area contributed by atoms with Crippen molar-refractivity contribution in [3.05, 3.63) is 65.7 Å². The van der Waals surface area contributed by atoms with Crippen molar-refractivity contribution in [3.8, 4) is 11.5 Å². The minimum atomic E-state index is -8.71. The molecule has 2 rings (SSSR count). The lowest BCUT2D eigenvalue weighted by molar-refractivity contribution is -0.461. The maximum absolute atomic E-state index is 15.0. The van der Waals surface area contributed by atoms with Gasteiger partial charge in [-0.25, -0.2) is 10.3 Å². The van der Waals surface area contributed by atoms with Gasteiger partial charge in [0.25, 0.3) is 5.91 Å². The molecule has 0 aliphatic carbocycles. The minimum absolute atomic E-state index is 0.0999. The van der Waals surface area contributed by atoms with Crippen molar-refractivity contribution in [2.45, 2.75) is 125 Å². The summed E-state index contributed by atoms with van der Waals surface area (Å²) in [5.74, 6) is -57.6. The molecule has 2 atom stereocenters. The fourth-order valence-corrected chi connectivity index (χ4v) is 11.1. The molecule has 0 radical (unpaired) electrons. The first-order chi connectivity index (χ1) is 30.4. The Balaban J connectivity index is 2.31. The first kappa shape index (κ1) is 58.6. The monoisotopic (exact) mass is 1020 g/mol. The van der Waals surface area contributed by atoms with Gasteiger partial charge in [0.1, 0.15) is 24.2 Å². The summed E-state index contributed by atoms with van der Waals surface area (Å²) in [6.45, 7) is 7.35. The van der Waals surface area contributed by atoms with E-state index in [4.69, 9.17) is 23.8 Å². The van der Waals surface area contributed by atoms with Crippen LogP contribution in [0, 0.1) is 5.92 Å². The number of methoxy groups -OCH3 is 1. The molecule has 9 nitrogen and oxygen atoms in total. The number of allylic oxidation sites excluding steroid dienone is 1. The Bertz CT molecular complexity index is 1970. The van der Waals surface area contributed by atoms with Crippen molar-refractivity contribution in [1.82, 2.24) is 5.48 Å². The molecule has 0 saturated carbocycles. The molecule has 3 N–H and O–H groups in total. The lowest BCUT2D eigenvalue weighted by Gasteiger charge is -2.44. The van der Waals surface area contributed by atoms with Gasteiger partial charge in [-0.1, -0.05) is 52.8 Å². The highest BCUT2D eigenvalue weighted by molar-refractivity contribution is 6.76. The molecule has 382 valence electrons. The van der Waals surface area contributed by atoms with Gasteiger partial charge >= 0.3 is 53.7 Å². The zero-order valence-electron chi connectivity index (χ0n) is 36.4. The van der Waals surface area contributed by atoms with Crippen LogP contribution in [0.5, 0.6) is 11.5 Å². The van der Waals surface area contributed by atoms with Crippen LogP contribution in [0.3, 0.4) is 0 Å². The quantitative estimate of drug-likeness (QED) is 0.0240. The summed E-state index contributed by atoms with van der Waals surface area (Å²) in [6.07, 6.45) is -10.7. The number of carbonyl (C=O) groups excluding carboxylic acids is 2. The summed E-state index contributed by atoms with van der Waals surface area (Å²) in [7, 11) is -2.59. The first-order valence-corrected chi connectivity index (χ1v) is 21.9. The summed E-state index contributed by atoms with van der Waals surface area (Å²) in [5.41, 5.74) is 0.553. The van der Waals surface area contributed by atoms with Crippen LogP contribution in [-0.2, 0) is 14.0 Å². The van der Waals surface area contributed by atoms with Gasteiger partial charge in [0.05, 0.1) is 13.7 Å². The number of hydrogen-bond donors (Lipinski definition) is 3. The summed E-state index contributed by atoms with van der Waals surface area (Å²) >= 11 is 0. The van der Waals surface area contributed by atoms with Gasteiger partial charge < -0.3 is 18.6 Å². The maximum atomic E-state index is 15.0. The Kier molecular flexibility index (Phi) is 18.7. The van der Waals surface area contributed by atoms with Crippen LogP contribution in [0.15, 0.2) is 60.2 Å². The number of alkyl halides is 17. The number of rotatable bonds is 24. The maximum Gasteiger partial charge on any atom is 0.460 e. The van der Waals surface area contributed by atoms with Gasteiger partial charge in [-0.05, 0) is 72.4 Å². The molecular weight excluding hydrogens is 971 g/mol. The van der Waals surface area contributed by atoms with Crippen LogP contribution >= 0.6 is 0 Å². The average Bonchev–Trinajstić information content (AvgIpc) is 3.23. The third kappa shape index (κ3) is 12.0. The van der Waals surface area contributed by atoms with E-state index in [0.29, 0.717) is 17.0 Å². The second-order valence-electron chi connectivity index (χ2n) is 15.9. The third-order valence-electron chi connectivity index (χ3n) is 10.8. The molecule has 0 aliphatic rings. The van der Waals surface area contributed by atoms with Crippen molar-refractivity contribution in [3.63, 3.8) is 0 Å². The molecule has 0 unspecified atom stereocenters. The van der Waals surface area contributed by atoms with E-state index in [2.05, 4.69) is 5.32 Å². The summed E-state index contributed by atoms with van der Waals surface area (Å²) < 4.78 is 258. The standard InChI is InChI=1S/C40H47F17N2O7Si/c1-22(2)67(23(3)4,21-18-33(41,42)34(43,44)35(45,46)36(47,48)37(49,50)38(51,52)39(53,54)40(55,56)57)65-20-19-64-29-14-10-26(11-15-29)30(24(5)8-9-25(6)31(60)59-62)66-32(61)58-27-12-16-28(63-7)17-13-27/h9-17,22-24,30,62H,8,18-21H2,1-7H3,(H,58,61)(H,59,60)/b25-9+/t24-,30+/m1/s1. The van der Waals surface area contributed by atoms with Crippen LogP contribution in [0.4, 0.5) is 85.1 Å². The Labute approximate surface area is 373 Å². The summed E-state index contributed by atoms with van der Waals surface area (Å²) in [5, 5.41) is 11.5. The van der Waals surface area contributed by atoms with Gasteiger partial charge in [-0.15, -0.1) is 0 Å². The van der Waals surface area contributed by atoms with E-state index in [1.807, 2.05) is 0 Å². The van der Waals surface area contributed by atoms with Crippen molar-refractivity contribution in [1.29, 1.82) is 0 Å². The van der Waals surface area contributed by atoms with E-state index >= 15 is 8.78 Å². The highest BCUT2D eigenvalue weighted by Crippen LogP contribution is 2.64. The number of hydrogen-bond acceptors (Lipinski definition) is 7. The van der Waals surface area contributed by atoms with Crippen LogP contribution < -0.4 is 20.3 Å². The highest BCUT2D eigenvalue weighted by Gasteiger charge is 2.95. The summed E-state index contributed by atoms with van der Waals surface area (Å²) in [4.78, 5) is 24.7. The number of benzene rings is 2. The van der Waals surface area contributed by atoms with Gasteiger partial charge in [-0.3, -0.25) is 15.3 Å². The predicted molar refractivity (Wildman–Crippen MR) is 207 cm³/mol. The van der Waals surface area contributed by atoms with E-state index in [-0.39, 0.29) is 17.7 Å². The average molecular weight is 1020 g/mol. The predicted octanol–water partition coefficient (Wildman–Crippen LogP) is 13.0. The molecule has 0 aromatic heterocycles. The zero-order chi connectivity index (χ0) is 52.0. The lowest BCUT2D eigenvalue weighted by atomic mass is 9.88. The Hall–Kier alpha value is -4.53. The number of anilines is 1. The van der Waals surface area contributed by atoms with Crippen molar-refractivity contribution in [2.75, 3.05) is 25.6 Å². The molecular formula is C40H47F17N2O7Si. The van der Waals surface area contributed by atoms with Gasteiger partial charge in [0.15, 0.2) is 8.32 Å². The van der Waals surface area contributed by atoms with Crippen molar-refractivity contribution < 1.29 is 108 Å². The van der Waals surface area contributed by atoms with Crippen LogP contribution in [0.25, 0.3) is 0 Å². The van der Waals surface area contributed by atoms with Gasteiger partial charge in [-0.2, -0.15) is 74.6 Å². The van der Waals surface area contributed by atoms with E-state index in [1.165, 1.54) is 89.7 Å². The fourth-order valence-electron chi connectivity index (χ4n) is 6.62. The molecule has 2 amide bonds. The van der Waals surface area contributed by atoms with Crippen molar-refractivity contribution in [2.24, 2.45) is 5.92 Å². The number of amides is 2. The Morgan fingerprint density at radius 1 is 0.672 bits per heavy atom. The normalized spacial score (nSPS) is 15.1. The van der Waals surface area contributed by atoms with E-state index < -0.39 is 117 Å². The highest BCUT2D eigenvalue weighted by atomic mass is 28.4. The lowest BCUT2D eigenvalue weighted by Crippen LogP contribution is -2.74. The molecule has 27 heteroatoms. The fraction of sp³-hybridized carbons (Fsp3) is 0.600. The number of ether oxygens (including phenoxy) is 3. The largest absolute Gasteiger partial charge is 0.497 e. The number of hydroxylamine groups is 1. The SMILES string of the molecule is COc1ccc(NC(=O)O[C@H](c2ccc(OCCO[Si](CCC(F)(F)C(F)(F)C(F)(F)C(F)(F)C(F)(F)C(F)(F)C(F)(F)C(F)(F)F)(C(C)C)C(C)C)cc2)[C@H](C)C/C=C(\C)C(=O)NO)cc1. The van der Waals surface area contributed by atoms with Gasteiger partial charge in [0, 0.05) is 23.6 Å². The van der Waals surface area contributed by atoms with Crippen LogP contribution in [0.2, 0.25) is 17.1 Å². The molecule has 0 saturated heterocycles. The molecule has 0 bridgehead atoms. The molecule has 0 spiro atoms. The Morgan fingerprint density at radius 2 is 1.13 bits per heavy atom. The molecule has 2 aromatic carbocycles. The minimum Gasteiger partial charge on any atom is -0.497 e. The number of carbonyl (C=O) groups is 2. The topological polar surface area (TPSA) is 115 Å². The van der Waals surface area contributed by atoms with E-state index in [9.17, 15) is 75.4 Å². The molecule has 0 aliphatic heterocycles. The smallest absolute Gasteiger partial charge is 0.460 e. The second kappa shape index (κ2) is 21.4. The second-order valence-corrected chi connectivity index (χ2v) is 20.9. The Morgan fingerprint density at radius 3 is 1.58 bits per heavy atom. The van der Waals surface area contributed by atoms with Crippen LogP contribution in [-0.4, -0.2) is 93.5 Å². The number of nitrogens with one attached hydrogen (secondary N) is 2. The van der Waals surface area contributed by atoms with Gasteiger partial charge in [0.2, 0.25) is 0 Å². The van der Waals surface area contributed by atoms with E-state index in [0.717, 1.165) is 0 Å². The molecule has 0 heterocycles. The summed E-state index contributed by atoms with van der Waals surface area (Å²) in [6, 6.07) is 10.6. The third-order valence-corrected chi connectivity index (χ3v) is 16.5. The van der Waals surface area contributed by atoms with Crippen molar-refractivity contribution >= 4 is 26.0 Å².